The van der Waals surface area contributed by atoms with E-state index in [2.05, 4.69) is 10.3 Å². The second kappa shape index (κ2) is 12.7. The van der Waals surface area contributed by atoms with Crippen molar-refractivity contribution in [3.05, 3.63) is 156 Å². The fraction of sp³-hybridized carbons (Fsp3) is 0.114. The molecule has 2 heterocycles. The zero-order valence-corrected chi connectivity index (χ0v) is 25.1. The zero-order chi connectivity index (χ0) is 31.5. The van der Waals surface area contributed by atoms with Crippen molar-refractivity contribution in [3.8, 4) is 11.5 Å². The van der Waals surface area contributed by atoms with E-state index in [4.69, 9.17) is 9.47 Å². The third kappa shape index (κ3) is 6.18. The minimum atomic E-state index is -0.814. The van der Waals surface area contributed by atoms with Gasteiger partial charge in [-0.1, -0.05) is 65.9 Å². The predicted octanol–water partition coefficient (Wildman–Crippen LogP) is 5.74. The number of hydrogen-bond acceptors (Lipinski definition) is 6. The number of halogens is 2. The quantitative estimate of drug-likeness (QED) is 0.239. The second-order valence-electron chi connectivity index (χ2n) is 10.2. The molecular formula is C35H27F2N3O4S. The largest absolute Gasteiger partial charge is 0.496 e. The maximum Gasteiger partial charge on any atom is 0.271 e. The number of fused-ring (bicyclic) bond motifs is 1. The Bertz CT molecular complexity index is 2110. The summed E-state index contributed by atoms with van der Waals surface area (Å²) in [7, 11) is 1.51. The molecular weight excluding hydrogens is 596 g/mol. The first-order valence-corrected chi connectivity index (χ1v) is 14.8. The van der Waals surface area contributed by atoms with Crippen molar-refractivity contribution in [1.82, 2.24) is 4.57 Å². The summed E-state index contributed by atoms with van der Waals surface area (Å²) in [6.45, 7) is 1.72. The van der Waals surface area contributed by atoms with Gasteiger partial charge in [-0.25, -0.2) is 13.8 Å². The van der Waals surface area contributed by atoms with Gasteiger partial charge in [-0.15, -0.1) is 0 Å². The Morgan fingerprint density at radius 1 is 0.978 bits per heavy atom. The van der Waals surface area contributed by atoms with E-state index in [9.17, 15) is 18.4 Å². The van der Waals surface area contributed by atoms with Gasteiger partial charge >= 0.3 is 0 Å². The molecule has 1 amide bonds. The fourth-order valence-corrected chi connectivity index (χ4v) is 6.23. The highest BCUT2D eigenvalue weighted by atomic mass is 32.1. The molecule has 1 aliphatic heterocycles. The van der Waals surface area contributed by atoms with E-state index < -0.39 is 17.7 Å². The van der Waals surface area contributed by atoms with E-state index in [0.717, 1.165) is 17.7 Å². The van der Waals surface area contributed by atoms with Gasteiger partial charge in [0.25, 0.3) is 11.5 Å². The highest BCUT2D eigenvalue weighted by molar-refractivity contribution is 7.07. The number of nitrogens with one attached hydrogen (secondary N) is 1. The second-order valence-corrected chi connectivity index (χ2v) is 11.3. The average molecular weight is 624 g/mol. The van der Waals surface area contributed by atoms with Crippen LogP contribution in [0.2, 0.25) is 0 Å². The van der Waals surface area contributed by atoms with Gasteiger partial charge in [-0.2, -0.15) is 0 Å². The van der Waals surface area contributed by atoms with Crippen molar-refractivity contribution < 1.29 is 23.0 Å². The lowest BCUT2D eigenvalue weighted by Gasteiger charge is -2.25. The minimum absolute atomic E-state index is 0.0538. The number of thiazole rings is 1. The third-order valence-corrected chi connectivity index (χ3v) is 8.28. The highest BCUT2D eigenvalue weighted by Gasteiger charge is 2.32. The molecule has 0 aliphatic carbocycles. The lowest BCUT2D eigenvalue weighted by Crippen LogP contribution is -2.40. The number of benzene rings is 4. The summed E-state index contributed by atoms with van der Waals surface area (Å²) >= 11 is 1.22. The van der Waals surface area contributed by atoms with Gasteiger partial charge < -0.3 is 14.8 Å². The number of methoxy groups -OCH3 is 1. The van der Waals surface area contributed by atoms with Crippen molar-refractivity contribution in [2.75, 3.05) is 12.4 Å². The molecule has 0 saturated carbocycles. The molecule has 0 spiro atoms. The SMILES string of the molecule is COc1ccc(C=c2sc3n(c2=O)[C@@H](c2ccccc2)C(C(=O)Nc2ccccc2)=C(C)N=3)cc1COc1ccc(F)cc1F. The van der Waals surface area contributed by atoms with E-state index in [0.29, 0.717) is 43.2 Å². The number of para-hydroxylation sites is 1. The smallest absolute Gasteiger partial charge is 0.271 e. The molecule has 1 aromatic heterocycles. The zero-order valence-electron chi connectivity index (χ0n) is 24.3. The van der Waals surface area contributed by atoms with Crippen LogP contribution in [0.4, 0.5) is 14.5 Å². The van der Waals surface area contributed by atoms with Crippen LogP contribution in [0.15, 0.2) is 118 Å². The number of anilines is 1. The lowest BCUT2D eigenvalue weighted by molar-refractivity contribution is -0.113. The molecule has 10 heteroatoms. The summed E-state index contributed by atoms with van der Waals surface area (Å²) < 4.78 is 40.5. The van der Waals surface area contributed by atoms with Crippen LogP contribution in [-0.4, -0.2) is 17.6 Å². The van der Waals surface area contributed by atoms with Crippen LogP contribution in [-0.2, 0) is 11.4 Å². The number of aromatic nitrogens is 1. The molecule has 226 valence electrons. The summed E-state index contributed by atoms with van der Waals surface area (Å²) in [4.78, 5) is 32.8. The summed E-state index contributed by atoms with van der Waals surface area (Å²) in [6, 6.07) is 26.2. The number of ether oxygens (including phenoxy) is 2. The van der Waals surface area contributed by atoms with Crippen molar-refractivity contribution in [2.45, 2.75) is 19.6 Å². The Kier molecular flexibility index (Phi) is 8.39. The molecule has 0 unspecified atom stereocenters. The van der Waals surface area contributed by atoms with E-state index in [-0.39, 0.29) is 23.8 Å². The number of carbonyl (C=O) groups excluding carboxylic acids is 1. The van der Waals surface area contributed by atoms with Gasteiger partial charge in [0.2, 0.25) is 0 Å². The monoisotopic (exact) mass is 623 g/mol. The number of rotatable bonds is 8. The van der Waals surface area contributed by atoms with Crippen LogP contribution in [0.3, 0.4) is 0 Å². The Balaban J connectivity index is 1.39. The van der Waals surface area contributed by atoms with Crippen LogP contribution in [0, 0.1) is 11.6 Å². The highest BCUT2D eigenvalue weighted by Crippen LogP contribution is 2.31. The Morgan fingerprint density at radius 2 is 1.69 bits per heavy atom. The Morgan fingerprint density at radius 3 is 2.40 bits per heavy atom. The standard InChI is InChI=1S/C35H27F2N3O4S/c1-21-31(33(41)39-26-11-7-4-8-12-26)32(23-9-5-3-6-10-23)40-34(42)30(45-35(40)38-21)18-22-13-15-28(43-2)24(17-22)20-44-29-16-14-25(36)19-27(29)37/h3-19,32H,20H2,1-2H3,(H,39,41)/t32-/m0/s1. The Labute approximate surface area is 261 Å². The summed E-state index contributed by atoms with van der Waals surface area (Å²) in [5, 5.41) is 2.94. The van der Waals surface area contributed by atoms with Gasteiger partial charge in [0.1, 0.15) is 18.2 Å². The molecule has 0 fully saturated rings. The van der Waals surface area contributed by atoms with Crippen LogP contribution < -0.4 is 29.7 Å². The molecule has 0 bridgehead atoms. The third-order valence-electron chi connectivity index (χ3n) is 7.29. The number of hydrogen-bond donors (Lipinski definition) is 1. The molecule has 7 nitrogen and oxygen atoms in total. The molecule has 5 aromatic rings. The van der Waals surface area contributed by atoms with Gasteiger partial charge in [-0.05, 0) is 60.5 Å². The van der Waals surface area contributed by atoms with Crippen LogP contribution in [0.1, 0.15) is 29.7 Å². The van der Waals surface area contributed by atoms with Crippen molar-refractivity contribution in [3.63, 3.8) is 0 Å². The molecule has 6 rings (SSSR count). The molecule has 45 heavy (non-hydrogen) atoms. The number of carbonyl (C=O) groups is 1. The predicted molar refractivity (Wildman–Crippen MR) is 169 cm³/mol. The molecule has 4 aromatic carbocycles. The molecule has 0 radical (unpaired) electrons. The number of allylic oxidation sites excluding steroid dienone is 1. The van der Waals surface area contributed by atoms with Gasteiger partial charge in [-0.3, -0.25) is 14.2 Å². The van der Waals surface area contributed by atoms with E-state index in [1.807, 2.05) is 48.5 Å². The molecule has 1 N–H and O–H groups in total. The number of nitrogens with zero attached hydrogens (tertiary/aromatic N) is 2. The summed E-state index contributed by atoms with van der Waals surface area (Å²) in [5.74, 6) is -1.45. The summed E-state index contributed by atoms with van der Waals surface area (Å²) in [5.41, 5.74) is 3.27. The summed E-state index contributed by atoms with van der Waals surface area (Å²) in [6.07, 6.45) is 1.73. The van der Waals surface area contributed by atoms with Gasteiger partial charge in [0, 0.05) is 17.3 Å². The maximum absolute atomic E-state index is 14.2. The normalized spacial score (nSPS) is 14.5. The maximum atomic E-state index is 14.2. The molecule has 0 saturated heterocycles. The first kappa shape index (κ1) is 29.7. The molecule has 1 atom stereocenters. The van der Waals surface area contributed by atoms with Crippen molar-refractivity contribution >= 4 is 29.0 Å². The van der Waals surface area contributed by atoms with E-state index in [1.165, 1.54) is 24.5 Å². The van der Waals surface area contributed by atoms with Gasteiger partial charge in [0.05, 0.1) is 29.0 Å². The average Bonchev–Trinajstić information content (AvgIpc) is 3.34. The van der Waals surface area contributed by atoms with Crippen LogP contribution in [0.5, 0.6) is 11.5 Å². The Hall–Kier alpha value is -5.35. The molecule has 1 aliphatic rings. The van der Waals surface area contributed by atoms with Crippen molar-refractivity contribution in [1.29, 1.82) is 0 Å². The van der Waals surface area contributed by atoms with Crippen LogP contribution in [0.25, 0.3) is 6.08 Å². The minimum Gasteiger partial charge on any atom is -0.496 e. The fourth-order valence-electron chi connectivity index (χ4n) is 5.18. The number of amides is 1. The first-order chi connectivity index (χ1) is 21.8. The lowest BCUT2D eigenvalue weighted by atomic mass is 9.95. The van der Waals surface area contributed by atoms with Crippen molar-refractivity contribution in [2.24, 2.45) is 4.99 Å². The first-order valence-electron chi connectivity index (χ1n) is 14.0. The van der Waals surface area contributed by atoms with E-state index in [1.54, 1.807) is 47.9 Å². The van der Waals surface area contributed by atoms with Crippen LogP contribution >= 0.6 is 11.3 Å². The topological polar surface area (TPSA) is 81.9 Å². The van der Waals surface area contributed by atoms with E-state index >= 15 is 0 Å². The van der Waals surface area contributed by atoms with Gasteiger partial charge in [0.15, 0.2) is 16.4 Å².